The summed E-state index contributed by atoms with van der Waals surface area (Å²) in [5, 5.41) is 2.39. The molecule has 0 radical (unpaired) electrons. The first-order valence-electron chi connectivity index (χ1n) is 6.05. The molecule has 1 rings (SSSR count). The van der Waals surface area contributed by atoms with Crippen molar-refractivity contribution >= 4 is 0 Å². The van der Waals surface area contributed by atoms with Crippen LogP contribution in [-0.4, -0.2) is 57.0 Å². The zero-order valence-electron chi connectivity index (χ0n) is 10.2. The number of ether oxygens (including phenoxy) is 1. The molecule has 0 spiro atoms. The molecule has 3 nitrogen and oxygen atoms in total. The van der Waals surface area contributed by atoms with Gasteiger partial charge in [0.05, 0.1) is 12.6 Å². The van der Waals surface area contributed by atoms with E-state index in [0.29, 0.717) is 13.1 Å². The number of rotatable bonds is 6. The predicted octanol–water partition coefficient (Wildman–Crippen LogP) is 1.64. The standard InChI is InChI=1S/C11H21F3N2O/c1-16(6-5-15-9-11(12,13)14)8-10-4-2-3-7-17-10/h10,15H,2-9H2,1H3. The van der Waals surface area contributed by atoms with Crippen LogP contribution in [0.25, 0.3) is 0 Å². The molecule has 0 saturated carbocycles. The smallest absolute Gasteiger partial charge is 0.377 e. The van der Waals surface area contributed by atoms with Gasteiger partial charge in [-0.2, -0.15) is 13.2 Å². The SMILES string of the molecule is CN(CCNCC(F)(F)F)CC1CCCCO1. The number of nitrogens with one attached hydrogen (secondary N) is 1. The topological polar surface area (TPSA) is 24.5 Å². The molecule has 1 aliphatic rings. The number of hydrogen-bond donors (Lipinski definition) is 1. The highest BCUT2D eigenvalue weighted by molar-refractivity contribution is 4.68. The summed E-state index contributed by atoms with van der Waals surface area (Å²) >= 11 is 0. The fourth-order valence-electron chi connectivity index (χ4n) is 1.89. The number of halogens is 3. The van der Waals surface area contributed by atoms with Crippen molar-refractivity contribution in [3.63, 3.8) is 0 Å². The molecule has 0 aliphatic carbocycles. The third kappa shape index (κ3) is 7.57. The Balaban J connectivity index is 2.02. The van der Waals surface area contributed by atoms with Gasteiger partial charge in [-0.25, -0.2) is 0 Å². The third-order valence-corrected chi connectivity index (χ3v) is 2.79. The minimum absolute atomic E-state index is 0.247. The predicted molar refractivity (Wildman–Crippen MR) is 60.0 cm³/mol. The lowest BCUT2D eigenvalue weighted by Gasteiger charge is -2.27. The van der Waals surface area contributed by atoms with Gasteiger partial charge in [0.25, 0.3) is 0 Å². The second-order valence-electron chi connectivity index (χ2n) is 4.54. The molecule has 1 heterocycles. The van der Waals surface area contributed by atoms with Crippen LogP contribution >= 0.6 is 0 Å². The summed E-state index contributed by atoms with van der Waals surface area (Å²) in [6, 6.07) is 0. The zero-order chi connectivity index (χ0) is 12.7. The van der Waals surface area contributed by atoms with Crippen LogP contribution in [0.1, 0.15) is 19.3 Å². The third-order valence-electron chi connectivity index (χ3n) is 2.79. The molecule has 1 saturated heterocycles. The first kappa shape index (κ1) is 14.7. The van der Waals surface area contributed by atoms with E-state index in [-0.39, 0.29) is 6.10 Å². The van der Waals surface area contributed by atoms with Crippen molar-refractivity contribution in [1.29, 1.82) is 0 Å². The molecule has 6 heteroatoms. The Bertz CT molecular complexity index is 205. The maximum absolute atomic E-state index is 11.9. The average molecular weight is 254 g/mol. The molecule has 102 valence electrons. The van der Waals surface area contributed by atoms with Crippen molar-refractivity contribution in [2.24, 2.45) is 0 Å². The van der Waals surface area contributed by atoms with E-state index in [1.807, 2.05) is 11.9 Å². The highest BCUT2D eigenvalue weighted by Gasteiger charge is 2.26. The first-order chi connectivity index (χ1) is 7.97. The summed E-state index contributed by atoms with van der Waals surface area (Å²) in [5.41, 5.74) is 0. The summed E-state index contributed by atoms with van der Waals surface area (Å²) < 4.78 is 41.1. The van der Waals surface area contributed by atoms with Gasteiger partial charge in [-0.05, 0) is 26.3 Å². The fraction of sp³-hybridized carbons (Fsp3) is 1.00. The van der Waals surface area contributed by atoms with Gasteiger partial charge in [0.2, 0.25) is 0 Å². The molecular weight excluding hydrogens is 233 g/mol. The molecule has 0 aromatic rings. The van der Waals surface area contributed by atoms with E-state index in [2.05, 4.69) is 5.32 Å². The van der Waals surface area contributed by atoms with Crippen LogP contribution in [0.2, 0.25) is 0 Å². The Morgan fingerprint density at radius 2 is 2.12 bits per heavy atom. The van der Waals surface area contributed by atoms with Crippen LogP contribution < -0.4 is 5.32 Å². The zero-order valence-corrected chi connectivity index (χ0v) is 10.2. The molecule has 0 amide bonds. The molecule has 0 bridgehead atoms. The molecule has 17 heavy (non-hydrogen) atoms. The lowest BCUT2D eigenvalue weighted by atomic mass is 10.1. The van der Waals surface area contributed by atoms with Crippen LogP contribution in [-0.2, 0) is 4.74 Å². The molecule has 0 aromatic heterocycles. The summed E-state index contributed by atoms with van der Waals surface area (Å²) in [6.07, 6.45) is -0.514. The van der Waals surface area contributed by atoms with E-state index in [1.54, 1.807) is 0 Å². The lowest BCUT2D eigenvalue weighted by Crippen LogP contribution is -2.39. The Morgan fingerprint density at radius 3 is 2.71 bits per heavy atom. The molecular formula is C11H21F3N2O. The highest BCUT2D eigenvalue weighted by Crippen LogP contribution is 2.13. The molecule has 1 N–H and O–H groups in total. The molecule has 1 atom stereocenters. The quantitative estimate of drug-likeness (QED) is 0.729. The van der Waals surface area contributed by atoms with E-state index in [9.17, 15) is 13.2 Å². The summed E-state index contributed by atoms with van der Waals surface area (Å²) in [6.45, 7) is 1.65. The minimum atomic E-state index is -4.12. The van der Waals surface area contributed by atoms with Crippen molar-refractivity contribution < 1.29 is 17.9 Å². The van der Waals surface area contributed by atoms with Crippen molar-refractivity contribution in [1.82, 2.24) is 10.2 Å². The van der Waals surface area contributed by atoms with Crippen LogP contribution in [0.15, 0.2) is 0 Å². The van der Waals surface area contributed by atoms with Crippen LogP contribution in [0.4, 0.5) is 13.2 Å². The van der Waals surface area contributed by atoms with Gasteiger partial charge in [0, 0.05) is 26.2 Å². The minimum Gasteiger partial charge on any atom is -0.377 e. The monoisotopic (exact) mass is 254 g/mol. The Kier molecular flexibility index (Phi) is 6.22. The molecule has 1 aliphatic heterocycles. The second-order valence-corrected chi connectivity index (χ2v) is 4.54. The van der Waals surface area contributed by atoms with E-state index >= 15 is 0 Å². The van der Waals surface area contributed by atoms with Gasteiger partial charge in [-0.3, -0.25) is 0 Å². The van der Waals surface area contributed by atoms with E-state index in [0.717, 1.165) is 26.0 Å². The first-order valence-corrected chi connectivity index (χ1v) is 6.05. The van der Waals surface area contributed by atoms with E-state index in [1.165, 1.54) is 6.42 Å². The van der Waals surface area contributed by atoms with Crippen molar-refractivity contribution in [3.05, 3.63) is 0 Å². The fourth-order valence-corrected chi connectivity index (χ4v) is 1.89. The normalized spacial score (nSPS) is 22.1. The number of alkyl halides is 3. The number of nitrogens with zero attached hydrogens (tertiary/aromatic N) is 1. The molecule has 1 unspecified atom stereocenters. The Hall–Kier alpha value is -0.330. The van der Waals surface area contributed by atoms with Crippen molar-refractivity contribution in [2.45, 2.75) is 31.5 Å². The maximum Gasteiger partial charge on any atom is 0.401 e. The van der Waals surface area contributed by atoms with Gasteiger partial charge < -0.3 is 15.0 Å². The lowest BCUT2D eigenvalue weighted by molar-refractivity contribution is -0.124. The maximum atomic E-state index is 11.9. The van der Waals surface area contributed by atoms with Gasteiger partial charge in [0.15, 0.2) is 0 Å². The highest BCUT2D eigenvalue weighted by atomic mass is 19.4. The molecule has 0 aromatic carbocycles. The van der Waals surface area contributed by atoms with Gasteiger partial charge >= 0.3 is 6.18 Å². The number of likely N-dealkylation sites (N-methyl/N-ethyl adjacent to an activating group) is 1. The number of hydrogen-bond acceptors (Lipinski definition) is 3. The van der Waals surface area contributed by atoms with Gasteiger partial charge in [0.1, 0.15) is 0 Å². The Labute approximate surface area is 100 Å². The summed E-state index contributed by atoms with van der Waals surface area (Å²) in [7, 11) is 1.91. The van der Waals surface area contributed by atoms with Crippen molar-refractivity contribution in [3.8, 4) is 0 Å². The summed E-state index contributed by atoms with van der Waals surface area (Å²) in [5.74, 6) is 0. The van der Waals surface area contributed by atoms with Crippen molar-refractivity contribution in [2.75, 3.05) is 39.8 Å². The summed E-state index contributed by atoms with van der Waals surface area (Å²) in [4.78, 5) is 2.01. The molecule has 1 fully saturated rings. The van der Waals surface area contributed by atoms with Crippen LogP contribution in [0, 0.1) is 0 Å². The van der Waals surface area contributed by atoms with Gasteiger partial charge in [-0.1, -0.05) is 0 Å². The van der Waals surface area contributed by atoms with E-state index in [4.69, 9.17) is 4.74 Å². The Morgan fingerprint density at radius 1 is 1.35 bits per heavy atom. The second kappa shape index (κ2) is 7.18. The largest absolute Gasteiger partial charge is 0.401 e. The van der Waals surface area contributed by atoms with Crippen LogP contribution in [0.5, 0.6) is 0 Å². The van der Waals surface area contributed by atoms with Crippen LogP contribution in [0.3, 0.4) is 0 Å². The van der Waals surface area contributed by atoms with E-state index < -0.39 is 12.7 Å². The average Bonchev–Trinajstić information content (AvgIpc) is 2.25. The van der Waals surface area contributed by atoms with Gasteiger partial charge in [-0.15, -0.1) is 0 Å².